The maximum Gasteiger partial charge on any atom is 0.257 e. The van der Waals surface area contributed by atoms with Crippen LogP contribution in [0.3, 0.4) is 0 Å². The van der Waals surface area contributed by atoms with Gasteiger partial charge in [0.25, 0.3) is 11.8 Å². The first-order chi connectivity index (χ1) is 16.2. The van der Waals surface area contributed by atoms with Gasteiger partial charge >= 0.3 is 0 Å². The van der Waals surface area contributed by atoms with Crippen LogP contribution in [-0.2, 0) is 16.6 Å². The maximum absolute atomic E-state index is 13.3. The van der Waals surface area contributed by atoms with Crippen LogP contribution in [0.4, 0.5) is 11.4 Å². The molecular weight excluding hydrogens is 450 g/mol. The van der Waals surface area contributed by atoms with Crippen molar-refractivity contribution in [2.24, 2.45) is 0 Å². The van der Waals surface area contributed by atoms with Crippen molar-refractivity contribution < 1.29 is 18.0 Å². The number of para-hydroxylation sites is 2. The third-order valence-electron chi connectivity index (χ3n) is 5.40. The zero-order valence-corrected chi connectivity index (χ0v) is 20.3. The number of carbonyl (C=O) groups excluding carboxylic acids is 2. The molecule has 0 saturated carbocycles. The average Bonchev–Trinajstić information content (AvgIpc) is 2.82. The van der Waals surface area contributed by atoms with Gasteiger partial charge in [0.05, 0.1) is 35.3 Å². The van der Waals surface area contributed by atoms with Gasteiger partial charge in [-0.05, 0) is 43.2 Å². The number of nitrogens with zero attached hydrogens (tertiary/aromatic N) is 1. The minimum absolute atomic E-state index is 0.0155. The number of sulfonamides is 1. The Kier molecular flexibility index (Phi) is 8.07. The average molecular weight is 480 g/mol. The second-order valence-electron chi connectivity index (χ2n) is 8.05. The molecule has 7 nitrogen and oxygen atoms in total. The summed E-state index contributed by atoms with van der Waals surface area (Å²) in [7, 11) is -3.69. The van der Waals surface area contributed by atoms with E-state index >= 15 is 0 Å². The monoisotopic (exact) mass is 479 g/mol. The summed E-state index contributed by atoms with van der Waals surface area (Å²) in [6, 6.07) is 22.4. The first kappa shape index (κ1) is 25.0. The van der Waals surface area contributed by atoms with E-state index in [-0.39, 0.29) is 29.7 Å². The van der Waals surface area contributed by atoms with Crippen molar-refractivity contribution in [1.82, 2.24) is 5.32 Å². The quantitative estimate of drug-likeness (QED) is 0.475. The lowest BCUT2D eigenvalue weighted by atomic mass is 10.1. The SMILES string of the molecule is CC[C@@H](C)NC(=O)c1ccccc1NC(=O)c1ccccc1N(Cc1ccccc1)S(C)(=O)=O. The number of hydrogen-bond acceptors (Lipinski definition) is 4. The van der Waals surface area contributed by atoms with Crippen LogP contribution in [-0.4, -0.2) is 32.5 Å². The molecule has 0 unspecified atom stereocenters. The van der Waals surface area contributed by atoms with Crippen molar-refractivity contribution >= 4 is 33.2 Å². The third-order valence-corrected chi connectivity index (χ3v) is 6.52. The van der Waals surface area contributed by atoms with Crippen LogP contribution >= 0.6 is 0 Å². The normalized spacial score (nSPS) is 12.0. The van der Waals surface area contributed by atoms with Gasteiger partial charge in [-0.2, -0.15) is 0 Å². The fourth-order valence-electron chi connectivity index (χ4n) is 3.40. The minimum Gasteiger partial charge on any atom is -0.350 e. The Morgan fingerprint density at radius 2 is 1.44 bits per heavy atom. The van der Waals surface area contributed by atoms with Crippen LogP contribution in [0.2, 0.25) is 0 Å². The Labute approximate surface area is 200 Å². The fourth-order valence-corrected chi connectivity index (χ4v) is 4.30. The molecule has 3 aromatic carbocycles. The molecule has 0 aromatic heterocycles. The van der Waals surface area contributed by atoms with Crippen LogP contribution in [0, 0.1) is 0 Å². The van der Waals surface area contributed by atoms with Gasteiger partial charge in [0.2, 0.25) is 10.0 Å². The van der Waals surface area contributed by atoms with Crippen LogP contribution in [0.25, 0.3) is 0 Å². The summed E-state index contributed by atoms with van der Waals surface area (Å²) in [5.74, 6) is -0.804. The van der Waals surface area contributed by atoms with Crippen LogP contribution < -0.4 is 14.9 Å². The van der Waals surface area contributed by atoms with E-state index in [0.717, 1.165) is 18.2 Å². The molecule has 1 atom stereocenters. The summed E-state index contributed by atoms with van der Waals surface area (Å²) in [5.41, 5.74) is 1.90. The molecule has 0 aliphatic carbocycles. The molecule has 0 radical (unpaired) electrons. The molecule has 34 heavy (non-hydrogen) atoms. The largest absolute Gasteiger partial charge is 0.350 e. The molecule has 2 N–H and O–H groups in total. The van der Waals surface area contributed by atoms with Crippen molar-refractivity contribution in [2.75, 3.05) is 15.9 Å². The van der Waals surface area contributed by atoms with E-state index in [0.29, 0.717) is 11.3 Å². The zero-order chi connectivity index (χ0) is 24.7. The van der Waals surface area contributed by atoms with Gasteiger partial charge < -0.3 is 10.6 Å². The highest BCUT2D eigenvalue weighted by molar-refractivity contribution is 7.92. The van der Waals surface area contributed by atoms with Crippen LogP contribution in [0.5, 0.6) is 0 Å². The molecular formula is C26H29N3O4S. The lowest BCUT2D eigenvalue weighted by Crippen LogP contribution is -2.33. The van der Waals surface area contributed by atoms with E-state index in [1.165, 1.54) is 4.31 Å². The van der Waals surface area contributed by atoms with Gasteiger partial charge in [-0.3, -0.25) is 13.9 Å². The molecule has 0 fully saturated rings. The number of hydrogen-bond donors (Lipinski definition) is 2. The van der Waals surface area contributed by atoms with E-state index in [2.05, 4.69) is 10.6 Å². The molecule has 0 saturated heterocycles. The van der Waals surface area contributed by atoms with E-state index in [4.69, 9.17) is 0 Å². The Balaban J connectivity index is 1.94. The van der Waals surface area contributed by atoms with E-state index < -0.39 is 15.9 Å². The Hall–Kier alpha value is -3.65. The molecule has 0 heterocycles. The molecule has 8 heteroatoms. The second kappa shape index (κ2) is 11.0. The maximum atomic E-state index is 13.3. The van der Waals surface area contributed by atoms with Gasteiger partial charge in [0, 0.05) is 6.04 Å². The van der Waals surface area contributed by atoms with Gasteiger partial charge in [-0.25, -0.2) is 8.42 Å². The topological polar surface area (TPSA) is 95.6 Å². The molecule has 0 spiro atoms. The Morgan fingerprint density at radius 1 is 0.853 bits per heavy atom. The lowest BCUT2D eigenvalue weighted by Gasteiger charge is -2.25. The molecule has 178 valence electrons. The van der Waals surface area contributed by atoms with Gasteiger partial charge in [-0.15, -0.1) is 0 Å². The molecule has 0 bridgehead atoms. The second-order valence-corrected chi connectivity index (χ2v) is 9.96. The van der Waals surface area contributed by atoms with Crippen molar-refractivity contribution in [3.8, 4) is 0 Å². The Bertz CT molecular complexity index is 1260. The highest BCUT2D eigenvalue weighted by atomic mass is 32.2. The number of benzene rings is 3. The van der Waals surface area contributed by atoms with Crippen LogP contribution in [0.15, 0.2) is 78.9 Å². The highest BCUT2D eigenvalue weighted by Crippen LogP contribution is 2.27. The summed E-state index contributed by atoms with van der Waals surface area (Å²) < 4.78 is 26.6. The molecule has 3 aromatic rings. The molecule has 2 amide bonds. The summed E-state index contributed by atoms with van der Waals surface area (Å²) in [6.07, 6.45) is 1.88. The van der Waals surface area contributed by atoms with E-state index in [1.54, 1.807) is 48.5 Å². The smallest absolute Gasteiger partial charge is 0.257 e. The Morgan fingerprint density at radius 3 is 2.09 bits per heavy atom. The van der Waals surface area contributed by atoms with E-state index in [9.17, 15) is 18.0 Å². The van der Waals surface area contributed by atoms with E-state index in [1.807, 2.05) is 44.2 Å². The van der Waals surface area contributed by atoms with Crippen molar-refractivity contribution in [3.05, 3.63) is 95.6 Å². The lowest BCUT2D eigenvalue weighted by molar-refractivity contribution is 0.0940. The summed E-state index contributed by atoms with van der Waals surface area (Å²) in [5, 5.41) is 5.69. The molecule has 0 aliphatic rings. The number of amides is 2. The minimum atomic E-state index is -3.69. The van der Waals surface area contributed by atoms with Gasteiger partial charge in [0.15, 0.2) is 0 Å². The number of rotatable bonds is 9. The summed E-state index contributed by atoms with van der Waals surface area (Å²) in [4.78, 5) is 26.0. The summed E-state index contributed by atoms with van der Waals surface area (Å²) in [6.45, 7) is 3.96. The standard InChI is InChI=1S/C26H29N3O4S/c1-4-19(2)27-25(30)21-14-8-10-16-23(21)28-26(31)22-15-9-11-17-24(22)29(34(3,32)33)18-20-12-6-5-7-13-20/h5-17,19H,4,18H2,1-3H3,(H,27,30)(H,28,31)/t19-/m1/s1. The van der Waals surface area contributed by atoms with Crippen molar-refractivity contribution in [2.45, 2.75) is 32.9 Å². The third kappa shape index (κ3) is 6.23. The first-order valence-corrected chi connectivity index (χ1v) is 12.9. The number of anilines is 2. The van der Waals surface area contributed by atoms with Crippen molar-refractivity contribution in [3.63, 3.8) is 0 Å². The zero-order valence-electron chi connectivity index (χ0n) is 19.5. The summed E-state index contributed by atoms with van der Waals surface area (Å²) >= 11 is 0. The number of nitrogens with one attached hydrogen (secondary N) is 2. The predicted octanol–water partition coefficient (Wildman–Crippen LogP) is 4.43. The predicted molar refractivity (Wildman–Crippen MR) is 136 cm³/mol. The van der Waals surface area contributed by atoms with Gasteiger partial charge in [0.1, 0.15) is 0 Å². The van der Waals surface area contributed by atoms with Crippen molar-refractivity contribution in [1.29, 1.82) is 0 Å². The fraction of sp³-hybridized carbons (Fsp3) is 0.231. The first-order valence-electron chi connectivity index (χ1n) is 11.0. The van der Waals surface area contributed by atoms with Gasteiger partial charge in [-0.1, -0.05) is 61.5 Å². The van der Waals surface area contributed by atoms with Crippen LogP contribution in [0.1, 0.15) is 46.5 Å². The number of carbonyl (C=O) groups is 2. The highest BCUT2D eigenvalue weighted by Gasteiger charge is 2.24. The molecule has 0 aliphatic heterocycles. The molecule has 3 rings (SSSR count).